The van der Waals surface area contributed by atoms with Crippen molar-refractivity contribution in [1.29, 1.82) is 0 Å². The minimum Gasteiger partial charge on any atom is -0.354 e. The van der Waals surface area contributed by atoms with Crippen molar-refractivity contribution < 1.29 is 13.2 Å². The average Bonchev–Trinajstić information content (AvgIpc) is 3.16. The van der Waals surface area contributed by atoms with Crippen LogP contribution in [0.4, 0.5) is 0 Å². The first-order chi connectivity index (χ1) is 10.6. The number of amides is 1. The maximum Gasteiger partial charge on any atom is 0.233 e. The van der Waals surface area contributed by atoms with Gasteiger partial charge in [0.2, 0.25) is 15.9 Å². The van der Waals surface area contributed by atoms with Gasteiger partial charge in [0.05, 0.1) is 11.0 Å². The van der Waals surface area contributed by atoms with Crippen LogP contribution in [0.5, 0.6) is 0 Å². The highest BCUT2D eigenvalue weighted by Crippen LogP contribution is 2.36. The molecule has 0 spiro atoms. The summed E-state index contributed by atoms with van der Waals surface area (Å²) in [5.41, 5.74) is 1.19. The Hall–Kier alpha value is -1.05. The van der Waals surface area contributed by atoms with Gasteiger partial charge in [0, 0.05) is 24.5 Å². The lowest BCUT2D eigenvalue weighted by Gasteiger charge is -2.16. The van der Waals surface area contributed by atoms with Gasteiger partial charge in [-0.1, -0.05) is 18.2 Å². The highest BCUT2D eigenvalue weighted by atomic mass is 32.2. The van der Waals surface area contributed by atoms with Crippen molar-refractivity contribution in [3.63, 3.8) is 0 Å². The van der Waals surface area contributed by atoms with Crippen LogP contribution in [0, 0.1) is 0 Å². The number of rotatable bonds is 5. The van der Waals surface area contributed by atoms with E-state index in [1.54, 1.807) is 11.8 Å². The molecule has 2 aliphatic rings. The van der Waals surface area contributed by atoms with E-state index >= 15 is 0 Å². The standard InChI is InChI=1S/C15H20N2O3S2/c18-15(14-11-12-5-1-2-6-13(12)21-14)16-7-10-22(19,20)17-8-3-4-9-17/h1-2,5-6,14H,3-4,7-11H2,(H,16,18). The second-order valence-corrected chi connectivity index (χ2v) is 8.96. The minimum absolute atomic E-state index is 0.0108. The molecule has 0 aromatic heterocycles. The summed E-state index contributed by atoms with van der Waals surface area (Å²) in [4.78, 5) is 13.3. The molecule has 0 bridgehead atoms. The van der Waals surface area contributed by atoms with E-state index < -0.39 is 10.0 Å². The van der Waals surface area contributed by atoms with Gasteiger partial charge in [-0.3, -0.25) is 4.79 Å². The van der Waals surface area contributed by atoms with E-state index in [2.05, 4.69) is 5.32 Å². The molecule has 1 saturated heterocycles. The van der Waals surface area contributed by atoms with E-state index in [0.29, 0.717) is 19.5 Å². The smallest absolute Gasteiger partial charge is 0.233 e. The zero-order chi connectivity index (χ0) is 15.6. The fourth-order valence-corrected chi connectivity index (χ4v) is 5.49. The van der Waals surface area contributed by atoms with Gasteiger partial charge in [-0.25, -0.2) is 12.7 Å². The molecule has 1 N–H and O–H groups in total. The van der Waals surface area contributed by atoms with Gasteiger partial charge >= 0.3 is 0 Å². The summed E-state index contributed by atoms with van der Waals surface area (Å²) in [5.74, 6) is -0.0823. The number of benzene rings is 1. The van der Waals surface area contributed by atoms with Crippen LogP contribution in [-0.4, -0.2) is 49.3 Å². The van der Waals surface area contributed by atoms with E-state index in [1.807, 2.05) is 24.3 Å². The largest absolute Gasteiger partial charge is 0.354 e. The van der Waals surface area contributed by atoms with Gasteiger partial charge < -0.3 is 5.32 Å². The molecule has 5 nitrogen and oxygen atoms in total. The van der Waals surface area contributed by atoms with Gasteiger partial charge in [0.25, 0.3) is 0 Å². The van der Waals surface area contributed by atoms with Crippen molar-refractivity contribution in [2.75, 3.05) is 25.4 Å². The van der Waals surface area contributed by atoms with Crippen molar-refractivity contribution >= 4 is 27.7 Å². The predicted molar refractivity (Wildman–Crippen MR) is 87.4 cm³/mol. The van der Waals surface area contributed by atoms with Crippen LogP contribution in [0.3, 0.4) is 0 Å². The number of carbonyl (C=O) groups excluding carboxylic acids is 1. The number of sulfonamides is 1. The molecule has 0 saturated carbocycles. The molecule has 1 amide bonds. The summed E-state index contributed by atoms with van der Waals surface area (Å²) < 4.78 is 25.7. The Bertz CT molecular complexity index is 630. The normalized spacial score (nSPS) is 21.7. The van der Waals surface area contributed by atoms with Crippen LogP contribution >= 0.6 is 11.8 Å². The molecule has 0 radical (unpaired) electrons. The van der Waals surface area contributed by atoms with Crippen LogP contribution < -0.4 is 5.32 Å². The first-order valence-corrected chi connectivity index (χ1v) is 10.1. The summed E-state index contributed by atoms with van der Waals surface area (Å²) >= 11 is 1.56. The zero-order valence-corrected chi connectivity index (χ0v) is 14.0. The lowest BCUT2D eigenvalue weighted by atomic mass is 10.1. The predicted octanol–water partition coefficient (Wildman–Crippen LogP) is 1.25. The summed E-state index contributed by atoms with van der Waals surface area (Å²) in [5, 5.41) is 2.63. The second kappa shape index (κ2) is 6.60. The van der Waals surface area contributed by atoms with Gasteiger partial charge in [0.15, 0.2) is 0 Å². The summed E-state index contributed by atoms with van der Waals surface area (Å²) in [6, 6.07) is 8.00. The number of nitrogens with one attached hydrogen (secondary N) is 1. The Morgan fingerprint density at radius 2 is 2.00 bits per heavy atom. The van der Waals surface area contributed by atoms with E-state index in [1.165, 1.54) is 9.87 Å². The van der Waals surface area contributed by atoms with Gasteiger partial charge in [-0.05, 0) is 30.9 Å². The number of thioether (sulfide) groups is 1. The molecule has 1 atom stereocenters. The molecule has 1 aromatic rings. The van der Waals surface area contributed by atoms with Crippen LogP contribution in [0.25, 0.3) is 0 Å². The van der Waals surface area contributed by atoms with Crippen LogP contribution in [-0.2, 0) is 21.2 Å². The molecule has 7 heteroatoms. The Labute approximate surface area is 135 Å². The van der Waals surface area contributed by atoms with Crippen molar-refractivity contribution in [2.24, 2.45) is 0 Å². The summed E-state index contributed by atoms with van der Waals surface area (Å²) in [6.45, 7) is 1.42. The van der Waals surface area contributed by atoms with Crippen LogP contribution in [0.2, 0.25) is 0 Å². The summed E-state index contributed by atoms with van der Waals surface area (Å²) in [6.07, 6.45) is 2.58. The number of carbonyl (C=O) groups is 1. The van der Waals surface area contributed by atoms with E-state index in [-0.39, 0.29) is 23.5 Å². The number of nitrogens with zero attached hydrogens (tertiary/aromatic N) is 1. The first kappa shape index (κ1) is 15.8. The van der Waals surface area contributed by atoms with Gasteiger partial charge in [-0.2, -0.15) is 0 Å². The topological polar surface area (TPSA) is 66.5 Å². The Kier molecular flexibility index (Phi) is 4.75. The fraction of sp³-hybridized carbons (Fsp3) is 0.533. The molecular formula is C15H20N2O3S2. The third-order valence-electron chi connectivity index (χ3n) is 4.06. The number of fused-ring (bicyclic) bond motifs is 1. The SMILES string of the molecule is O=C(NCCS(=O)(=O)N1CCCC1)C1Cc2ccccc2S1. The second-order valence-electron chi connectivity index (χ2n) is 5.63. The number of hydrogen-bond donors (Lipinski definition) is 1. The molecule has 0 aliphatic carbocycles. The van der Waals surface area contributed by atoms with Gasteiger partial charge in [0.1, 0.15) is 0 Å². The van der Waals surface area contributed by atoms with Crippen molar-refractivity contribution in [3.8, 4) is 0 Å². The van der Waals surface area contributed by atoms with E-state index in [0.717, 1.165) is 17.7 Å². The highest BCUT2D eigenvalue weighted by Gasteiger charge is 2.29. The maximum atomic E-state index is 12.2. The van der Waals surface area contributed by atoms with E-state index in [4.69, 9.17) is 0 Å². The van der Waals surface area contributed by atoms with Crippen molar-refractivity contribution in [3.05, 3.63) is 29.8 Å². The monoisotopic (exact) mass is 340 g/mol. The molecule has 1 unspecified atom stereocenters. The van der Waals surface area contributed by atoms with Crippen molar-refractivity contribution in [2.45, 2.75) is 29.4 Å². The van der Waals surface area contributed by atoms with Crippen molar-refractivity contribution in [1.82, 2.24) is 9.62 Å². The van der Waals surface area contributed by atoms with Crippen LogP contribution in [0.1, 0.15) is 18.4 Å². The molecule has 2 heterocycles. The third-order valence-corrected chi connectivity index (χ3v) is 7.25. The Morgan fingerprint density at radius 3 is 2.73 bits per heavy atom. The lowest BCUT2D eigenvalue weighted by molar-refractivity contribution is -0.120. The minimum atomic E-state index is -3.22. The quantitative estimate of drug-likeness (QED) is 0.876. The molecule has 22 heavy (non-hydrogen) atoms. The molecule has 3 rings (SSSR count). The van der Waals surface area contributed by atoms with Gasteiger partial charge in [-0.15, -0.1) is 11.8 Å². The Balaban J connectivity index is 1.47. The van der Waals surface area contributed by atoms with E-state index in [9.17, 15) is 13.2 Å². The molecule has 2 aliphatic heterocycles. The first-order valence-electron chi connectivity index (χ1n) is 7.56. The highest BCUT2D eigenvalue weighted by molar-refractivity contribution is 8.01. The molecule has 1 fully saturated rings. The summed E-state index contributed by atoms with van der Waals surface area (Å²) in [7, 11) is -3.22. The fourth-order valence-electron chi connectivity index (χ4n) is 2.84. The lowest BCUT2D eigenvalue weighted by Crippen LogP contribution is -2.39. The average molecular weight is 340 g/mol. The number of hydrogen-bond acceptors (Lipinski definition) is 4. The molecular weight excluding hydrogens is 320 g/mol. The maximum absolute atomic E-state index is 12.2. The zero-order valence-electron chi connectivity index (χ0n) is 12.3. The third kappa shape index (κ3) is 3.47. The molecule has 120 valence electrons. The van der Waals surface area contributed by atoms with Crippen LogP contribution in [0.15, 0.2) is 29.2 Å². The Morgan fingerprint density at radius 1 is 1.27 bits per heavy atom. The molecule has 1 aromatic carbocycles.